The monoisotopic (exact) mass is 342 g/mol. The van der Waals surface area contributed by atoms with Crippen molar-refractivity contribution in [2.45, 2.75) is 12.8 Å². The molecule has 0 aromatic carbocycles. The standard InChI is InChI=1S/C17H18N4O4/c1-20-10-12(15(23)19-17(20)25)16(24)21-8-4-5-11(9-21)14(22)13-6-2-3-7-18-13/h2-3,6-7,10-11H,4-5,8-9H2,1H3,(H,19,23,25)/t11-/m0/s1. The molecule has 1 atom stereocenters. The lowest BCUT2D eigenvalue weighted by atomic mass is 9.91. The Morgan fingerprint density at radius 1 is 1.28 bits per heavy atom. The van der Waals surface area contributed by atoms with Crippen LogP contribution in [0.4, 0.5) is 0 Å². The summed E-state index contributed by atoms with van der Waals surface area (Å²) in [5, 5.41) is 0. The van der Waals surface area contributed by atoms with Crippen molar-refractivity contribution in [2.24, 2.45) is 13.0 Å². The van der Waals surface area contributed by atoms with E-state index in [-0.39, 0.29) is 23.8 Å². The van der Waals surface area contributed by atoms with E-state index in [4.69, 9.17) is 0 Å². The van der Waals surface area contributed by atoms with Gasteiger partial charge in [-0.1, -0.05) is 6.07 Å². The van der Waals surface area contributed by atoms with E-state index in [9.17, 15) is 19.2 Å². The number of aryl methyl sites for hydroxylation is 1. The van der Waals surface area contributed by atoms with Gasteiger partial charge in [0, 0.05) is 38.4 Å². The molecule has 1 aliphatic heterocycles. The number of piperidine rings is 1. The van der Waals surface area contributed by atoms with E-state index >= 15 is 0 Å². The summed E-state index contributed by atoms with van der Waals surface area (Å²) in [7, 11) is 1.46. The highest BCUT2D eigenvalue weighted by Gasteiger charge is 2.31. The summed E-state index contributed by atoms with van der Waals surface area (Å²) in [5.74, 6) is -0.929. The fourth-order valence-corrected chi connectivity index (χ4v) is 2.98. The van der Waals surface area contributed by atoms with Crippen molar-refractivity contribution in [1.82, 2.24) is 19.4 Å². The number of aromatic nitrogens is 3. The van der Waals surface area contributed by atoms with E-state index in [0.717, 1.165) is 4.57 Å². The van der Waals surface area contributed by atoms with Crippen molar-refractivity contribution in [1.29, 1.82) is 0 Å². The molecule has 1 amide bonds. The quantitative estimate of drug-likeness (QED) is 0.803. The number of ketones is 1. The van der Waals surface area contributed by atoms with Crippen molar-refractivity contribution in [3.8, 4) is 0 Å². The van der Waals surface area contributed by atoms with Crippen LogP contribution >= 0.6 is 0 Å². The van der Waals surface area contributed by atoms with Crippen LogP contribution in [0.15, 0.2) is 40.2 Å². The summed E-state index contributed by atoms with van der Waals surface area (Å²) < 4.78 is 1.15. The van der Waals surface area contributed by atoms with Crippen LogP contribution in [0.5, 0.6) is 0 Å². The molecule has 0 unspecified atom stereocenters. The lowest BCUT2D eigenvalue weighted by Gasteiger charge is -2.31. The molecule has 2 aromatic rings. The topological polar surface area (TPSA) is 105 Å². The maximum atomic E-state index is 12.7. The molecule has 0 spiro atoms. The van der Waals surface area contributed by atoms with E-state index in [1.54, 1.807) is 24.4 Å². The fourth-order valence-electron chi connectivity index (χ4n) is 2.98. The highest BCUT2D eigenvalue weighted by Crippen LogP contribution is 2.21. The number of nitrogens with zero attached hydrogens (tertiary/aromatic N) is 3. The third kappa shape index (κ3) is 3.42. The minimum atomic E-state index is -0.716. The number of hydrogen-bond donors (Lipinski definition) is 1. The van der Waals surface area contributed by atoms with Gasteiger partial charge in [0.05, 0.1) is 0 Å². The Morgan fingerprint density at radius 3 is 2.80 bits per heavy atom. The van der Waals surface area contributed by atoms with Gasteiger partial charge in [-0.05, 0) is 25.0 Å². The molecule has 1 fully saturated rings. The number of carbonyl (C=O) groups excluding carboxylic acids is 2. The molecule has 0 bridgehead atoms. The molecule has 3 heterocycles. The van der Waals surface area contributed by atoms with Gasteiger partial charge in [0.15, 0.2) is 5.78 Å². The lowest BCUT2D eigenvalue weighted by Crippen LogP contribution is -2.45. The first-order chi connectivity index (χ1) is 12.0. The average molecular weight is 342 g/mol. The first-order valence-corrected chi connectivity index (χ1v) is 8.02. The zero-order chi connectivity index (χ0) is 18.0. The molecule has 0 radical (unpaired) electrons. The van der Waals surface area contributed by atoms with Crippen molar-refractivity contribution < 1.29 is 9.59 Å². The molecule has 0 aliphatic carbocycles. The lowest BCUT2D eigenvalue weighted by molar-refractivity contribution is 0.0633. The summed E-state index contributed by atoms with van der Waals surface area (Å²) in [6.45, 7) is 0.698. The van der Waals surface area contributed by atoms with Gasteiger partial charge in [-0.2, -0.15) is 0 Å². The Morgan fingerprint density at radius 2 is 2.08 bits per heavy atom. The van der Waals surface area contributed by atoms with E-state index in [1.165, 1.54) is 18.1 Å². The Bertz CT molecular complexity index is 916. The Labute approximate surface area is 143 Å². The number of pyridine rings is 1. The van der Waals surface area contributed by atoms with Crippen LogP contribution in [0, 0.1) is 5.92 Å². The normalized spacial score (nSPS) is 17.3. The number of rotatable bonds is 3. The molecule has 1 saturated heterocycles. The maximum Gasteiger partial charge on any atom is 0.328 e. The molecule has 1 aliphatic rings. The molecule has 8 heteroatoms. The molecule has 130 valence electrons. The fraction of sp³-hybridized carbons (Fsp3) is 0.353. The first kappa shape index (κ1) is 16.8. The van der Waals surface area contributed by atoms with Crippen molar-refractivity contribution in [3.05, 3.63) is 62.7 Å². The highest BCUT2D eigenvalue weighted by atomic mass is 16.2. The van der Waals surface area contributed by atoms with Gasteiger partial charge in [0.2, 0.25) is 0 Å². The van der Waals surface area contributed by atoms with Crippen LogP contribution in [0.3, 0.4) is 0 Å². The summed E-state index contributed by atoms with van der Waals surface area (Å²) in [5.41, 5.74) is -1.02. The second-order valence-corrected chi connectivity index (χ2v) is 6.08. The minimum absolute atomic E-state index is 0.104. The molecule has 1 N–H and O–H groups in total. The van der Waals surface area contributed by atoms with Crippen molar-refractivity contribution in [2.75, 3.05) is 13.1 Å². The number of hydrogen-bond acceptors (Lipinski definition) is 5. The smallest absolute Gasteiger partial charge is 0.328 e. The Kier molecular flexibility index (Phi) is 4.60. The third-order valence-electron chi connectivity index (χ3n) is 4.34. The van der Waals surface area contributed by atoms with Crippen LogP contribution in [0.2, 0.25) is 0 Å². The van der Waals surface area contributed by atoms with Crippen LogP contribution in [-0.4, -0.2) is 44.2 Å². The van der Waals surface area contributed by atoms with Crippen LogP contribution in [0.25, 0.3) is 0 Å². The SMILES string of the molecule is Cn1cc(C(=O)N2CCC[C@H](C(=O)c3ccccn3)C2)c(=O)[nH]c1=O. The molecule has 25 heavy (non-hydrogen) atoms. The number of carbonyl (C=O) groups is 2. The van der Waals surface area contributed by atoms with Gasteiger partial charge in [0.25, 0.3) is 11.5 Å². The second-order valence-electron chi connectivity index (χ2n) is 6.08. The Hall–Kier alpha value is -3.03. The average Bonchev–Trinajstić information content (AvgIpc) is 2.64. The number of H-pyrrole nitrogens is 1. The van der Waals surface area contributed by atoms with Gasteiger partial charge in [-0.15, -0.1) is 0 Å². The maximum absolute atomic E-state index is 12.7. The number of amides is 1. The third-order valence-corrected chi connectivity index (χ3v) is 4.34. The summed E-state index contributed by atoms with van der Waals surface area (Å²) in [6.07, 6.45) is 4.12. The van der Waals surface area contributed by atoms with Crippen LogP contribution in [0.1, 0.15) is 33.7 Å². The zero-order valence-corrected chi connectivity index (χ0v) is 13.8. The largest absolute Gasteiger partial charge is 0.338 e. The van der Waals surface area contributed by atoms with Gasteiger partial charge >= 0.3 is 5.69 Å². The van der Waals surface area contributed by atoms with Gasteiger partial charge in [-0.3, -0.25) is 24.4 Å². The molecular weight excluding hydrogens is 324 g/mol. The van der Waals surface area contributed by atoms with E-state index in [0.29, 0.717) is 25.1 Å². The number of nitrogens with one attached hydrogen (secondary N) is 1. The minimum Gasteiger partial charge on any atom is -0.338 e. The van der Waals surface area contributed by atoms with E-state index in [1.807, 2.05) is 0 Å². The van der Waals surface area contributed by atoms with Crippen LogP contribution < -0.4 is 11.2 Å². The number of likely N-dealkylation sites (tertiary alicyclic amines) is 1. The molecule has 0 saturated carbocycles. The first-order valence-electron chi connectivity index (χ1n) is 8.02. The molecule has 8 nitrogen and oxygen atoms in total. The highest BCUT2D eigenvalue weighted by molar-refractivity contribution is 5.97. The Balaban J connectivity index is 1.81. The summed E-state index contributed by atoms with van der Waals surface area (Å²) in [6, 6.07) is 5.14. The number of aromatic amines is 1. The van der Waals surface area contributed by atoms with Gasteiger partial charge in [0.1, 0.15) is 11.3 Å². The molecule has 3 rings (SSSR count). The van der Waals surface area contributed by atoms with Gasteiger partial charge in [-0.25, -0.2) is 4.79 Å². The van der Waals surface area contributed by atoms with Crippen molar-refractivity contribution in [3.63, 3.8) is 0 Å². The summed E-state index contributed by atoms with van der Waals surface area (Å²) >= 11 is 0. The van der Waals surface area contributed by atoms with E-state index in [2.05, 4.69) is 9.97 Å². The molecular formula is C17H18N4O4. The number of Topliss-reactive ketones (excluding diaryl/α,β-unsaturated/α-hetero) is 1. The van der Waals surface area contributed by atoms with E-state index < -0.39 is 17.2 Å². The predicted molar refractivity (Wildman–Crippen MR) is 89.5 cm³/mol. The van der Waals surface area contributed by atoms with Gasteiger partial charge < -0.3 is 9.47 Å². The molecule has 2 aromatic heterocycles. The predicted octanol–water partition coefficient (Wildman–Crippen LogP) is 0.204. The van der Waals surface area contributed by atoms with Crippen LogP contribution in [-0.2, 0) is 7.05 Å². The van der Waals surface area contributed by atoms with Crippen molar-refractivity contribution >= 4 is 11.7 Å². The summed E-state index contributed by atoms with van der Waals surface area (Å²) in [4.78, 5) is 56.2. The zero-order valence-electron chi connectivity index (χ0n) is 13.8. The second kappa shape index (κ2) is 6.84.